The van der Waals surface area contributed by atoms with Crippen molar-refractivity contribution in [3.8, 4) is 5.75 Å². The maximum absolute atomic E-state index is 11.2. The summed E-state index contributed by atoms with van der Waals surface area (Å²) in [4.78, 5) is 11.2. The Kier molecular flexibility index (Phi) is 4.25. The second-order valence-corrected chi connectivity index (χ2v) is 3.86. The summed E-state index contributed by atoms with van der Waals surface area (Å²) in [6, 6.07) is 5.79. The average molecular weight is 238 g/mol. The van der Waals surface area contributed by atoms with E-state index in [9.17, 15) is 4.79 Å². The molecule has 0 saturated heterocycles. The summed E-state index contributed by atoms with van der Waals surface area (Å²) in [6.07, 6.45) is 0. The third-order valence-electron chi connectivity index (χ3n) is 2.02. The van der Waals surface area contributed by atoms with Gasteiger partial charge in [-0.15, -0.1) is 0 Å². The molecule has 0 atom stereocenters. The van der Waals surface area contributed by atoms with Gasteiger partial charge in [-0.05, 0) is 37.2 Å². The zero-order valence-corrected chi connectivity index (χ0v) is 10.1. The molecule has 0 aromatic heterocycles. The van der Waals surface area contributed by atoms with Crippen molar-refractivity contribution in [3.63, 3.8) is 0 Å². The lowest BCUT2D eigenvalue weighted by Crippen LogP contribution is -2.37. The lowest BCUT2D eigenvalue weighted by molar-refractivity contribution is -0.121. The highest BCUT2D eigenvalue weighted by atomic mass is 32.1. The van der Waals surface area contributed by atoms with Crippen molar-refractivity contribution in [3.05, 3.63) is 29.3 Å². The van der Waals surface area contributed by atoms with E-state index >= 15 is 0 Å². The van der Waals surface area contributed by atoms with Crippen LogP contribution >= 0.6 is 12.2 Å². The minimum absolute atomic E-state index is 0.0462. The Bertz CT molecular complexity index is 398. The highest BCUT2D eigenvalue weighted by molar-refractivity contribution is 7.80. The van der Waals surface area contributed by atoms with E-state index in [4.69, 9.17) is 10.5 Å². The van der Waals surface area contributed by atoms with Gasteiger partial charge in [0.2, 0.25) is 0 Å². The number of nitrogens with two attached hydrogens (primary N) is 1. The number of carbonyl (C=O) groups excluding carboxylic acids is 1. The first-order valence-corrected chi connectivity index (χ1v) is 5.20. The molecule has 1 amide bonds. The molecule has 0 aliphatic heterocycles. The molecular formula is C11H14N2O2S. The number of thiocarbonyl (C=S) groups is 1. The molecule has 86 valence electrons. The zero-order chi connectivity index (χ0) is 12.1. The molecule has 5 heteroatoms. The van der Waals surface area contributed by atoms with Gasteiger partial charge in [0.1, 0.15) is 5.75 Å². The SMILES string of the molecule is Cc1cccc(C)c1OCC(=O)NC(N)=S. The van der Waals surface area contributed by atoms with Crippen LogP contribution in [0.25, 0.3) is 0 Å². The van der Waals surface area contributed by atoms with Crippen molar-refractivity contribution in [2.75, 3.05) is 6.61 Å². The van der Waals surface area contributed by atoms with Crippen LogP contribution in [0.5, 0.6) is 5.75 Å². The smallest absolute Gasteiger partial charge is 0.264 e. The third-order valence-corrected chi connectivity index (χ3v) is 2.12. The van der Waals surface area contributed by atoms with Crippen molar-refractivity contribution in [2.24, 2.45) is 5.73 Å². The predicted molar refractivity (Wildman–Crippen MR) is 66.3 cm³/mol. The fraction of sp³-hybridized carbons (Fsp3) is 0.273. The lowest BCUT2D eigenvalue weighted by Gasteiger charge is -2.11. The van der Waals surface area contributed by atoms with Gasteiger partial charge in [0, 0.05) is 0 Å². The molecule has 0 saturated carbocycles. The Morgan fingerprint density at radius 2 is 2.00 bits per heavy atom. The molecule has 0 unspecified atom stereocenters. The summed E-state index contributed by atoms with van der Waals surface area (Å²) in [5.74, 6) is 0.371. The van der Waals surface area contributed by atoms with Gasteiger partial charge in [-0.2, -0.15) is 0 Å². The zero-order valence-electron chi connectivity index (χ0n) is 9.24. The van der Waals surface area contributed by atoms with Gasteiger partial charge in [0.05, 0.1) is 0 Å². The van der Waals surface area contributed by atoms with Gasteiger partial charge in [-0.25, -0.2) is 0 Å². The van der Waals surface area contributed by atoms with Crippen LogP contribution in [0.15, 0.2) is 18.2 Å². The molecular weight excluding hydrogens is 224 g/mol. The fourth-order valence-electron chi connectivity index (χ4n) is 1.34. The van der Waals surface area contributed by atoms with Crippen molar-refractivity contribution < 1.29 is 9.53 Å². The second kappa shape index (κ2) is 5.46. The topological polar surface area (TPSA) is 64.3 Å². The van der Waals surface area contributed by atoms with Gasteiger partial charge < -0.3 is 15.8 Å². The number of hydrogen-bond donors (Lipinski definition) is 2. The Labute approximate surface area is 99.8 Å². The van der Waals surface area contributed by atoms with Crippen LogP contribution < -0.4 is 15.8 Å². The summed E-state index contributed by atoms with van der Waals surface area (Å²) in [5, 5.41) is 2.25. The van der Waals surface area contributed by atoms with Crippen LogP contribution in [0, 0.1) is 13.8 Å². The van der Waals surface area contributed by atoms with E-state index in [1.165, 1.54) is 0 Å². The third kappa shape index (κ3) is 3.51. The highest BCUT2D eigenvalue weighted by Crippen LogP contribution is 2.21. The quantitative estimate of drug-likeness (QED) is 0.772. The van der Waals surface area contributed by atoms with Gasteiger partial charge in [0.15, 0.2) is 11.7 Å². The standard InChI is InChI=1S/C11H14N2O2S/c1-7-4-3-5-8(2)10(7)15-6-9(14)13-11(12)16/h3-5H,6H2,1-2H3,(H3,12,13,14,16). The Balaban J connectivity index is 2.61. The molecule has 0 fully saturated rings. The van der Waals surface area contributed by atoms with E-state index in [1.807, 2.05) is 32.0 Å². The van der Waals surface area contributed by atoms with Crippen molar-refractivity contribution in [2.45, 2.75) is 13.8 Å². The first-order valence-electron chi connectivity index (χ1n) is 4.79. The molecule has 0 spiro atoms. The number of para-hydroxylation sites is 1. The first kappa shape index (κ1) is 12.4. The van der Waals surface area contributed by atoms with E-state index in [1.54, 1.807) is 0 Å². The van der Waals surface area contributed by atoms with Crippen molar-refractivity contribution >= 4 is 23.2 Å². The van der Waals surface area contributed by atoms with Crippen molar-refractivity contribution in [1.82, 2.24) is 5.32 Å². The Morgan fingerprint density at radius 1 is 1.44 bits per heavy atom. The molecule has 0 heterocycles. The van der Waals surface area contributed by atoms with Crippen LogP contribution in [0.1, 0.15) is 11.1 Å². The maximum Gasteiger partial charge on any atom is 0.264 e. The molecule has 1 aromatic rings. The molecule has 1 rings (SSSR count). The number of nitrogens with one attached hydrogen (secondary N) is 1. The Morgan fingerprint density at radius 3 is 2.50 bits per heavy atom. The van der Waals surface area contributed by atoms with Crippen LogP contribution in [0.3, 0.4) is 0 Å². The number of hydrogen-bond acceptors (Lipinski definition) is 3. The second-order valence-electron chi connectivity index (χ2n) is 3.42. The molecule has 16 heavy (non-hydrogen) atoms. The summed E-state index contributed by atoms with van der Waals surface area (Å²) in [7, 11) is 0. The number of aryl methyl sites for hydroxylation is 2. The van der Waals surface area contributed by atoms with Crippen LogP contribution in [-0.2, 0) is 4.79 Å². The van der Waals surface area contributed by atoms with Crippen LogP contribution in [0.4, 0.5) is 0 Å². The van der Waals surface area contributed by atoms with Crippen molar-refractivity contribution in [1.29, 1.82) is 0 Å². The highest BCUT2D eigenvalue weighted by Gasteiger charge is 2.07. The number of carbonyl (C=O) groups is 1. The van der Waals surface area contributed by atoms with Gasteiger partial charge in [-0.3, -0.25) is 4.79 Å². The van der Waals surface area contributed by atoms with Gasteiger partial charge in [-0.1, -0.05) is 18.2 Å². The predicted octanol–water partition coefficient (Wildman–Crippen LogP) is 1.04. The maximum atomic E-state index is 11.2. The number of amides is 1. The molecule has 0 aliphatic rings. The summed E-state index contributed by atoms with van der Waals surface area (Å²) in [5.41, 5.74) is 7.14. The minimum atomic E-state index is -0.352. The molecule has 4 nitrogen and oxygen atoms in total. The molecule has 0 aliphatic carbocycles. The first-order chi connectivity index (χ1) is 7.50. The average Bonchev–Trinajstić information content (AvgIpc) is 2.15. The lowest BCUT2D eigenvalue weighted by atomic mass is 10.1. The molecule has 3 N–H and O–H groups in total. The number of rotatable bonds is 3. The Hall–Kier alpha value is -1.62. The fourth-order valence-corrected chi connectivity index (χ4v) is 1.45. The largest absolute Gasteiger partial charge is 0.483 e. The van der Waals surface area contributed by atoms with E-state index < -0.39 is 0 Å². The van der Waals surface area contributed by atoms with E-state index in [0.717, 1.165) is 16.9 Å². The molecule has 0 bridgehead atoms. The van der Waals surface area contributed by atoms with E-state index in [-0.39, 0.29) is 17.6 Å². The molecule has 0 radical (unpaired) electrons. The van der Waals surface area contributed by atoms with E-state index in [2.05, 4.69) is 17.5 Å². The number of benzene rings is 1. The van der Waals surface area contributed by atoms with Crippen LogP contribution in [0.2, 0.25) is 0 Å². The summed E-state index contributed by atoms with van der Waals surface area (Å²) in [6.45, 7) is 3.75. The van der Waals surface area contributed by atoms with E-state index in [0.29, 0.717) is 0 Å². The van der Waals surface area contributed by atoms with Gasteiger partial charge in [0.25, 0.3) is 5.91 Å². The van der Waals surface area contributed by atoms with Crippen LogP contribution in [-0.4, -0.2) is 17.6 Å². The monoisotopic (exact) mass is 238 g/mol. The number of ether oxygens (including phenoxy) is 1. The summed E-state index contributed by atoms with van der Waals surface area (Å²) >= 11 is 4.54. The minimum Gasteiger partial charge on any atom is -0.483 e. The normalized spacial score (nSPS) is 9.62. The molecule has 1 aromatic carbocycles. The van der Waals surface area contributed by atoms with Gasteiger partial charge >= 0.3 is 0 Å². The summed E-state index contributed by atoms with van der Waals surface area (Å²) < 4.78 is 5.40.